The minimum atomic E-state index is -0.102. The van der Waals surface area contributed by atoms with Gasteiger partial charge in [0.1, 0.15) is 0 Å². The van der Waals surface area contributed by atoms with Gasteiger partial charge in [-0.15, -0.1) is 0 Å². The standard InChI is InChI=1S/C13H20O2/c1-4-14-13(11(2)3)15-10-12-8-6-5-7-9-12/h5-9,11,13H,4,10H2,1-3H3. The molecule has 0 amide bonds. The summed E-state index contributed by atoms with van der Waals surface area (Å²) in [6.07, 6.45) is -0.102. The zero-order valence-electron chi connectivity index (χ0n) is 9.77. The molecule has 1 aromatic rings. The van der Waals surface area contributed by atoms with Crippen molar-refractivity contribution in [3.63, 3.8) is 0 Å². The van der Waals surface area contributed by atoms with Crippen molar-refractivity contribution in [3.8, 4) is 0 Å². The van der Waals surface area contributed by atoms with Crippen LogP contribution in [-0.4, -0.2) is 12.9 Å². The molecule has 1 unspecified atom stereocenters. The van der Waals surface area contributed by atoms with E-state index in [9.17, 15) is 0 Å². The van der Waals surface area contributed by atoms with Crippen LogP contribution in [0.1, 0.15) is 26.3 Å². The van der Waals surface area contributed by atoms with Gasteiger partial charge in [-0.1, -0.05) is 44.2 Å². The number of hydrogen-bond acceptors (Lipinski definition) is 2. The van der Waals surface area contributed by atoms with Gasteiger partial charge in [0, 0.05) is 12.5 Å². The van der Waals surface area contributed by atoms with Gasteiger partial charge in [0.05, 0.1) is 6.61 Å². The molecule has 0 aliphatic rings. The molecule has 0 saturated carbocycles. The van der Waals surface area contributed by atoms with Crippen molar-refractivity contribution in [2.45, 2.75) is 33.7 Å². The minimum Gasteiger partial charge on any atom is -0.353 e. The molecule has 0 aromatic heterocycles. The molecule has 0 spiro atoms. The van der Waals surface area contributed by atoms with Gasteiger partial charge in [-0.2, -0.15) is 0 Å². The van der Waals surface area contributed by atoms with Crippen LogP contribution >= 0.6 is 0 Å². The first kappa shape index (κ1) is 12.2. The SMILES string of the molecule is CCOC(OCc1ccccc1)C(C)C. The summed E-state index contributed by atoms with van der Waals surface area (Å²) in [4.78, 5) is 0. The highest BCUT2D eigenvalue weighted by molar-refractivity contribution is 5.13. The van der Waals surface area contributed by atoms with Crippen LogP contribution in [0.3, 0.4) is 0 Å². The maximum absolute atomic E-state index is 5.71. The predicted octanol–water partition coefficient (Wildman–Crippen LogP) is 3.22. The van der Waals surface area contributed by atoms with E-state index in [0.717, 1.165) is 0 Å². The summed E-state index contributed by atoms with van der Waals surface area (Å²) in [7, 11) is 0. The van der Waals surface area contributed by atoms with Crippen molar-refractivity contribution in [1.82, 2.24) is 0 Å². The molecule has 1 atom stereocenters. The van der Waals surface area contributed by atoms with Crippen molar-refractivity contribution in [3.05, 3.63) is 35.9 Å². The fraction of sp³-hybridized carbons (Fsp3) is 0.538. The maximum atomic E-state index is 5.71. The Kier molecular flexibility index (Phi) is 5.37. The summed E-state index contributed by atoms with van der Waals surface area (Å²) < 4.78 is 11.2. The Balaban J connectivity index is 2.40. The first-order valence-corrected chi connectivity index (χ1v) is 5.51. The van der Waals surface area contributed by atoms with Gasteiger partial charge in [-0.3, -0.25) is 0 Å². The first-order chi connectivity index (χ1) is 7.24. The number of rotatable bonds is 6. The van der Waals surface area contributed by atoms with Crippen molar-refractivity contribution in [1.29, 1.82) is 0 Å². The number of hydrogen-bond donors (Lipinski definition) is 0. The van der Waals surface area contributed by atoms with Crippen LogP contribution in [0.25, 0.3) is 0 Å². The van der Waals surface area contributed by atoms with Crippen LogP contribution in [0.5, 0.6) is 0 Å². The molecule has 15 heavy (non-hydrogen) atoms. The minimum absolute atomic E-state index is 0.102. The van der Waals surface area contributed by atoms with E-state index in [1.807, 2.05) is 25.1 Å². The van der Waals surface area contributed by atoms with Gasteiger partial charge in [0.15, 0.2) is 6.29 Å². The van der Waals surface area contributed by atoms with Gasteiger partial charge in [0.2, 0.25) is 0 Å². The normalized spacial score (nSPS) is 13.1. The van der Waals surface area contributed by atoms with E-state index >= 15 is 0 Å². The molecule has 84 valence electrons. The van der Waals surface area contributed by atoms with E-state index < -0.39 is 0 Å². The lowest BCUT2D eigenvalue weighted by Gasteiger charge is -2.21. The van der Waals surface area contributed by atoms with Crippen molar-refractivity contribution >= 4 is 0 Å². The summed E-state index contributed by atoms with van der Waals surface area (Å²) in [5.41, 5.74) is 1.18. The van der Waals surface area contributed by atoms with Gasteiger partial charge in [-0.25, -0.2) is 0 Å². The third-order valence-electron chi connectivity index (χ3n) is 2.13. The highest BCUT2D eigenvalue weighted by atomic mass is 16.7. The highest BCUT2D eigenvalue weighted by Crippen LogP contribution is 2.11. The van der Waals surface area contributed by atoms with Crippen LogP contribution in [0.4, 0.5) is 0 Å². The van der Waals surface area contributed by atoms with Crippen molar-refractivity contribution < 1.29 is 9.47 Å². The smallest absolute Gasteiger partial charge is 0.160 e. The summed E-state index contributed by atoms with van der Waals surface area (Å²) >= 11 is 0. The van der Waals surface area contributed by atoms with E-state index in [1.165, 1.54) is 5.56 Å². The molecule has 1 rings (SSSR count). The fourth-order valence-electron chi connectivity index (χ4n) is 1.35. The Morgan fingerprint density at radius 1 is 1.07 bits per heavy atom. The molecule has 0 heterocycles. The van der Waals surface area contributed by atoms with Crippen LogP contribution < -0.4 is 0 Å². The van der Waals surface area contributed by atoms with Crippen LogP contribution in [0, 0.1) is 5.92 Å². The van der Waals surface area contributed by atoms with Gasteiger partial charge in [-0.05, 0) is 12.5 Å². The topological polar surface area (TPSA) is 18.5 Å². The van der Waals surface area contributed by atoms with Gasteiger partial charge < -0.3 is 9.47 Å². The molecule has 0 bridgehead atoms. The first-order valence-electron chi connectivity index (χ1n) is 5.51. The molecule has 1 aromatic carbocycles. The second kappa shape index (κ2) is 6.59. The molecule has 0 aliphatic carbocycles. The van der Waals surface area contributed by atoms with Crippen LogP contribution in [-0.2, 0) is 16.1 Å². The average Bonchev–Trinajstić information content (AvgIpc) is 2.25. The molecule has 2 heteroatoms. The molecule has 0 saturated heterocycles. The number of benzene rings is 1. The van der Waals surface area contributed by atoms with E-state index in [-0.39, 0.29) is 6.29 Å². The van der Waals surface area contributed by atoms with E-state index in [4.69, 9.17) is 9.47 Å². The largest absolute Gasteiger partial charge is 0.353 e. The quantitative estimate of drug-likeness (QED) is 0.668. The Hall–Kier alpha value is -0.860. The lowest BCUT2D eigenvalue weighted by atomic mass is 10.2. The van der Waals surface area contributed by atoms with E-state index in [2.05, 4.69) is 26.0 Å². The Bertz CT molecular complexity index is 256. The van der Waals surface area contributed by atoms with Crippen LogP contribution in [0.2, 0.25) is 0 Å². The lowest BCUT2D eigenvalue weighted by molar-refractivity contribution is -0.169. The van der Waals surface area contributed by atoms with E-state index in [0.29, 0.717) is 19.1 Å². The van der Waals surface area contributed by atoms with Crippen molar-refractivity contribution in [2.24, 2.45) is 5.92 Å². The summed E-state index contributed by atoms with van der Waals surface area (Å²) in [5, 5.41) is 0. The zero-order valence-corrected chi connectivity index (χ0v) is 9.77. The number of ether oxygens (including phenoxy) is 2. The zero-order chi connectivity index (χ0) is 11.1. The molecule has 2 nitrogen and oxygen atoms in total. The summed E-state index contributed by atoms with van der Waals surface area (Å²) in [6, 6.07) is 10.2. The van der Waals surface area contributed by atoms with Gasteiger partial charge in [0.25, 0.3) is 0 Å². The third kappa shape index (κ3) is 4.45. The molecular weight excluding hydrogens is 188 g/mol. The Morgan fingerprint density at radius 2 is 1.73 bits per heavy atom. The maximum Gasteiger partial charge on any atom is 0.160 e. The monoisotopic (exact) mass is 208 g/mol. The Labute approximate surface area is 92.2 Å². The fourth-order valence-corrected chi connectivity index (χ4v) is 1.35. The second-order valence-corrected chi connectivity index (χ2v) is 3.86. The third-order valence-corrected chi connectivity index (χ3v) is 2.13. The lowest BCUT2D eigenvalue weighted by Crippen LogP contribution is -2.23. The molecule has 0 N–H and O–H groups in total. The van der Waals surface area contributed by atoms with E-state index in [1.54, 1.807) is 0 Å². The summed E-state index contributed by atoms with van der Waals surface area (Å²) in [6.45, 7) is 7.50. The second-order valence-electron chi connectivity index (χ2n) is 3.86. The molecule has 0 radical (unpaired) electrons. The van der Waals surface area contributed by atoms with Crippen LogP contribution in [0.15, 0.2) is 30.3 Å². The average molecular weight is 208 g/mol. The molecule has 0 aliphatic heterocycles. The Morgan fingerprint density at radius 3 is 2.27 bits per heavy atom. The molecule has 0 fully saturated rings. The van der Waals surface area contributed by atoms with Crippen molar-refractivity contribution in [2.75, 3.05) is 6.61 Å². The van der Waals surface area contributed by atoms with Gasteiger partial charge >= 0.3 is 0 Å². The molecular formula is C13H20O2. The summed E-state index contributed by atoms with van der Waals surface area (Å²) in [5.74, 6) is 0.383. The highest BCUT2D eigenvalue weighted by Gasteiger charge is 2.13. The predicted molar refractivity (Wildman–Crippen MR) is 61.5 cm³/mol.